The Morgan fingerprint density at radius 2 is 2.14 bits per heavy atom. The van der Waals surface area contributed by atoms with E-state index in [1.165, 1.54) is 12.1 Å². The smallest absolute Gasteiger partial charge is 0.242 e. The minimum Gasteiger partial charge on any atom is -0.384 e. The Morgan fingerprint density at radius 3 is 2.86 bits per heavy atom. The molecule has 0 aliphatic carbocycles. The number of anilines is 1. The van der Waals surface area contributed by atoms with Gasteiger partial charge in [-0.3, -0.25) is 4.79 Å². The fourth-order valence-electron chi connectivity index (χ4n) is 2.20. The van der Waals surface area contributed by atoms with Crippen LogP contribution in [-0.4, -0.2) is 15.7 Å². The Hall–Kier alpha value is -2.02. The van der Waals surface area contributed by atoms with Gasteiger partial charge >= 0.3 is 0 Å². The van der Waals surface area contributed by atoms with E-state index in [-0.39, 0.29) is 18.3 Å². The number of carbonyl (C=O) groups excluding carboxylic acids is 1. The zero-order valence-corrected chi connectivity index (χ0v) is 12.1. The molecule has 0 saturated heterocycles. The number of fused-ring (bicyclic) bond motifs is 1. The van der Waals surface area contributed by atoms with Crippen molar-refractivity contribution in [1.29, 1.82) is 0 Å². The summed E-state index contributed by atoms with van der Waals surface area (Å²) in [4.78, 5) is 11.9. The van der Waals surface area contributed by atoms with Crippen molar-refractivity contribution in [1.82, 2.24) is 15.1 Å². The lowest BCUT2D eigenvalue weighted by atomic mass is 10.2. The molecule has 21 heavy (non-hydrogen) atoms. The molecule has 0 atom stereocenters. The van der Waals surface area contributed by atoms with Gasteiger partial charge in [0.15, 0.2) is 0 Å². The highest BCUT2D eigenvalue weighted by Gasteiger charge is 2.21. The molecule has 5 nitrogen and oxygen atoms in total. The van der Waals surface area contributed by atoms with Crippen LogP contribution in [0.3, 0.4) is 0 Å². The van der Waals surface area contributed by atoms with Crippen LogP contribution < -0.4 is 11.1 Å². The van der Waals surface area contributed by atoms with E-state index in [2.05, 4.69) is 10.4 Å². The molecule has 2 aromatic rings. The molecule has 0 bridgehead atoms. The number of aromatic nitrogens is 2. The first-order valence-corrected chi connectivity index (χ1v) is 7.72. The highest BCUT2D eigenvalue weighted by Crippen LogP contribution is 2.32. The molecule has 1 aromatic heterocycles. The quantitative estimate of drug-likeness (QED) is 0.901. The number of amides is 1. The van der Waals surface area contributed by atoms with Crippen molar-refractivity contribution in [3.05, 3.63) is 46.9 Å². The molecule has 7 heteroatoms. The van der Waals surface area contributed by atoms with Gasteiger partial charge in [0.25, 0.3) is 0 Å². The van der Waals surface area contributed by atoms with Crippen LogP contribution in [0.25, 0.3) is 0 Å². The molecule has 0 spiro atoms. The molecule has 1 amide bonds. The number of benzene rings is 1. The van der Waals surface area contributed by atoms with Gasteiger partial charge in [-0.25, -0.2) is 9.07 Å². The van der Waals surface area contributed by atoms with Crippen molar-refractivity contribution in [2.75, 3.05) is 5.73 Å². The van der Waals surface area contributed by atoms with Gasteiger partial charge < -0.3 is 11.1 Å². The molecule has 1 aliphatic heterocycles. The Balaban J connectivity index is 1.58. The van der Waals surface area contributed by atoms with Crippen LogP contribution in [0.5, 0.6) is 0 Å². The van der Waals surface area contributed by atoms with Crippen LogP contribution in [0.2, 0.25) is 0 Å². The van der Waals surface area contributed by atoms with Crippen LogP contribution >= 0.6 is 11.8 Å². The second kappa shape index (κ2) is 5.77. The molecule has 0 unspecified atom stereocenters. The van der Waals surface area contributed by atoms with E-state index < -0.39 is 0 Å². The summed E-state index contributed by atoms with van der Waals surface area (Å²) in [6, 6.07) is 6.03. The maximum atomic E-state index is 12.8. The van der Waals surface area contributed by atoms with Gasteiger partial charge in [0.05, 0.1) is 5.69 Å². The summed E-state index contributed by atoms with van der Waals surface area (Å²) in [6.07, 6.45) is 0. The molecule has 3 N–H and O–H groups in total. The summed E-state index contributed by atoms with van der Waals surface area (Å²) < 4.78 is 14.3. The lowest BCUT2D eigenvalue weighted by molar-refractivity contribution is -0.122. The molecule has 3 rings (SSSR count). The number of rotatable bonds is 4. The molecule has 0 saturated carbocycles. The molecule has 0 fully saturated rings. The van der Waals surface area contributed by atoms with E-state index in [1.54, 1.807) is 28.6 Å². The lowest BCUT2D eigenvalue weighted by Crippen LogP contribution is -2.28. The molecule has 1 aliphatic rings. The number of nitrogens with two attached hydrogens (primary N) is 1. The van der Waals surface area contributed by atoms with Gasteiger partial charge in [0.2, 0.25) is 5.91 Å². The van der Waals surface area contributed by atoms with E-state index in [0.29, 0.717) is 12.4 Å². The van der Waals surface area contributed by atoms with Crippen molar-refractivity contribution in [2.45, 2.75) is 24.6 Å². The van der Waals surface area contributed by atoms with E-state index in [0.717, 1.165) is 28.3 Å². The van der Waals surface area contributed by atoms with Crippen LogP contribution in [0.15, 0.2) is 24.3 Å². The van der Waals surface area contributed by atoms with Crippen molar-refractivity contribution < 1.29 is 9.18 Å². The third kappa shape index (κ3) is 3.02. The first-order chi connectivity index (χ1) is 10.1. The largest absolute Gasteiger partial charge is 0.384 e. The fraction of sp³-hybridized carbons (Fsp3) is 0.286. The minimum absolute atomic E-state index is 0.102. The molecular formula is C14H15FN4OS. The fourth-order valence-corrected chi connectivity index (χ4v) is 3.25. The van der Waals surface area contributed by atoms with Gasteiger partial charge in [-0.05, 0) is 17.7 Å². The molecular weight excluding hydrogens is 291 g/mol. The average Bonchev–Trinajstić information content (AvgIpc) is 3.03. The predicted octanol–water partition coefficient (Wildman–Crippen LogP) is 1.67. The van der Waals surface area contributed by atoms with Crippen molar-refractivity contribution in [2.24, 2.45) is 0 Å². The van der Waals surface area contributed by atoms with E-state index in [9.17, 15) is 9.18 Å². The Labute approximate surface area is 125 Å². The summed E-state index contributed by atoms with van der Waals surface area (Å²) in [5.74, 6) is 1.83. The summed E-state index contributed by atoms with van der Waals surface area (Å²) in [5, 5.41) is 7.13. The number of carbonyl (C=O) groups is 1. The Morgan fingerprint density at radius 1 is 1.38 bits per heavy atom. The highest BCUT2D eigenvalue weighted by atomic mass is 32.2. The third-order valence-corrected chi connectivity index (χ3v) is 4.33. The molecule has 2 heterocycles. The lowest BCUT2D eigenvalue weighted by Gasteiger charge is -2.07. The number of nitrogen functional groups attached to an aromatic ring is 1. The SMILES string of the molecule is Nc1c2c(nn1CC(=O)NCc1ccc(F)cc1)CSC2. The first-order valence-electron chi connectivity index (χ1n) is 6.56. The van der Waals surface area contributed by atoms with Crippen LogP contribution in [0.4, 0.5) is 10.2 Å². The number of thioether (sulfide) groups is 1. The van der Waals surface area contributed by atoms with Crippen molar-refractivity contribution in [3.63, 3.8) is 0 Å². The van der Waals surface area contributed by atoms with E-state index in [1.807, 2.05) is 0 Å². The van der Waals surface area contributed by atoms with Crippen molar-refractivity contribution >= 4 is 23.5 Å². The zero-order valence-electron chi connectivity index (χ0n) is 11.3. The zero-order chi connectivity index (χ0) is 14.8. The maximum absolute atomic E-state index is 12.8. The van der Waals surface area contributed by atoms with Gasteiger partial charge in [-0.15, -0.1) is 0 Å². The monoisotopic (exact) mass is 306 g/mol. The number of hydrogen-bond donors (Lipinski definition) is 2. The number of hydrogen-bond acceptors (Lipinski definition) is 4. The summed E-state index contributed by atoms with van der Waals surface area (Å²) in [6.45, 7) is 0.459. The molecule has 0 radical (unpaired) electrons. The maximum Gasteiger partial charge on any atom is 0.242 e. The minimum atomic E-state index is -0.290. The van der Waals surface area contributed by atoms with Gasteiger partial charge in [-0.1, -0.05) is 12.1 Å². The van der Waals surface area contributed by atoms with Crippen molar-refractivity contribution in [3.8, 4) is 0 Å². The van der Waals surface area contributed by atoms with Gasteiger partial charge in [-0.2, -0.15) is 16.9 Å². The summed E-state index contributed by atoms with van der Waals surface area (Å²) in [5.41, 5.74) is 8.86. The number of nitrogens with zero attached hydrogens (tertiary/aromatic N) is 2. The summed E-state index contributed by atoms with van der Waals surface area (Å²) >= 11 is 1.77. The Kier molecular flexibility index (Phi) is 3.83. The highest BCUT2D eigenvalue weighted by molar-refractivity contribution is 7.98. The second-order valence-electron chi connectivity index (χ2n) is 4.86. The van der Waals surface area contributed by atoms with Gasteiger partial charge in [0, 0.05) is 23.6 Å². The third-order valence-electron chi connectivity index (χ3n) is 3.36. The second-order valence-corrected chi connectivity index (χ2v) is 5.85. The summed E-state index contributed by atoms with van der Waals surface area (Å²) in [7, 11) is 0. The van der Waals surface area contributed by atoms with E-state index in [4.69, 9.17) is 5.73 Å². The average molecular weight is 306 g/mol. The first kappa shape index (κ1) is 13.9. The predicted molar refractivity (Wildman–Crippen MR) is 79.9 cm³/mol. The number of halogens is 1. The van der Waals surface area contributed by atoms with Crippen LogP contribution in [-0.2, 0) is 29.4 Å². The topological polar surface area (TPSA) is 72.9 Å². The van der Waals surface area contributed by atoms with Crippen LogP contribution in [0, 0.1) is 5.82 Å². The van der Waals surface area contributed by atoms with Crippen LogP contribution in [0.1, 0.15) is 16.8 Å². The molecule has 110 valence electrons. The molecule has 1 aromatic carbocycles. The standard InChI is InChI=1S/C14H15FN4OS/c15-10-3-1-9(2-4-10)5-17-13(20)6-19-14(16)11-7-21-8-12(11)18-19/h1-4H,5-8,16H2,(H,17,20). The van der Waals surface area contributed by atoms with E-state index >= 15 is 0 Å². The normalized spacial score (nSPS) is 13.2. The number of nitrogens with one attached hydrogen (secondary N) is 1. The Bertz CT molecular complexity index is 668. The van der Waals surface area contributed by atoms with Gasteiger partial charge in [0.1, 0.15) is 18.2 Å².